The van der Waals surface area contributed by atoms with E-state index in [1.807, 2.05) is 30.3 Å². The lowest BCUT2D eigenvalue weighted by Crippen LogP contribution is -1.94. The fourth-order valence-corrected chi connectivity index (χ4v) is 2.53. The molecule has 2 aromatic carbocycles. The largest absolute Gasteiger partial charge is 0.493 e. The van der Waals surface area contributed by atoms with Gasteiger partial charge in [-0.3, -0.25) is 4.79 Å². The number of ketones is 1. The van der Waals surface area contributed by atoms with E-state index in [0.29, 0.717) is 17.1 Å². The van der Waals surface area contributed by atoms with Crippen molar-refractivity contribution in [2.45, 2.75) is 0 Å². The van der Waals surface area contributed by atoms with Crippen LogP contribution in [0.5, 0.6) is 11.5 Å². The van der Waals surface area contributed by atoms with Crippen LogP contribution in [0, 0.1) is 0 Å². The van der Waals surface area contributed by atoms with Gasteiger partial charge in [-0.25, -0.2) is 0 Å². The minimum absolute atomic E-state index is 0.0403. The first-order chi connectivity index (χ1) is 10.2. The quantitative estimate of drug-likeness (QED) is 0.595. The van der Waals surface area contributed by atoms with E-state index in [-0.39, 0.29) is 5.78 Å². The number of benzene rings is 2. The molecule has 0 aliphatic carbocycles. The van der Waals surface area contributed by atoms with E-state index in [4.69, 9.17) is 9.47 Å². The van der Waals surface area contributed by atoms with Crippen LogP contribution in [0.4, 0.5) is 0 Å². The molecule has 21 heavy (non-hydrogen) atoms. The van der Waals surface area contributed by atoms with Gasteiger partial charge in [0.15, 0.2) is 17.3 Å². The van der Waals surface area contributed by atoms with Crippen LogP contribution in [0.3, 0.4) is 0 Å². The molecule has 0 unspecified atom stereocenters. The number of carbonyl (C=O) groups is 1. The number of hydrogen-bond donors (Lipinski definition) is 0. The smallest absolute Gasteiger partial charge is 0.185 e. The molecule has 4 heteroatoms. The first-order valence-corrected chi connectivity index (χ1v) is 7.14. The number of ether oxygens (including phenoxy) is 2. The molecule has 0 radical (unpaired) electrons. The fourth-order valence-electron chi connectivity index (χ4n) is 1.90. The Balaban J connectivity index is 2.25. The Bertz CT molecular complexity index is 663. The summed E-state index contributed by atoms with van der Waals surface area (Å²) in [7, 11) is 3.16. The van der Waals surface area contributed by atoms with Crippen molar-refractivity contribution in [3.63, 3.8) is 0 Å². The minimum Gasteiger partial charge on any atom is -0.493 e. The topological polar surface area (TPSA) is 35.5 Å². The first-order valence-electron chi connectivity index (χ1n) is 6.34. The lowest BCUT2D eigenvalue weighted by atomic mass is 10.1. The van der Waals surface area contributed by atoms with Crippen LogP contribution in [0.1, 0.15) is 15.9 Å². The number of hydrogen-bond acceptors (Lipinski definition) is 3. The highest BCUT2D eigenvalue weighted by molar-refractivity contribution is 9.10. The molecule has 0 spiro atoms. The Labute approximate surface area is 132 Å². The van der Waals surface area contributed by atoms with E-state index in [1.165, 1.54) is 0 Å². The number of methoxy groups -OCH3 is 2. The molecule has 0 fully saturated rings. The van der Waals surface area contributed by atoms with Gasteiger partial charge in [-0.2, -0.15) is 0 Å². The second-order valence-electron chi connectivity index (χ2n) is 4.30. The van der Waals surface area contributed by atoms with Gasteiger partial charge in [0.1, 0.15) is 0 Å². The van der Waals surface area contributed by atoms with Crippen molar-refractivity contribution in [2.24, 2.45) is 0 Å². The van der Waals surface area contributed by atoms with E-state index < -0.39 is 0 Å². The Hall–Kier alpha value is -2.07. The van der Waals surface area contributed by atoms with E-state index in [2.05, 4.69) is 15.9 Å². The highest BCUT2D eigenvalue weighted by Gasteiger charge is 2.09. The number of rotatable bonds is 5. The maximum absolute atomic E-state index is 12.0. The van der Waals surface area contributed by atoms with Crippen LogP contribution >= 0.6 is 15.9 Å². The summed E-state index contributed by atoms with van der Waals surface area (Å²) in [5.41, 5.74) is 1.51. The van der Waals surface area contributed by atoms with E-state index in [1.54, 1.807) is 38.5 Å². The Morgan fingerprint density at radius 2 is 1.81 bits per heavy atom. The lowest BCUT2D eigenvalue weighted by molar-refractivity contribution is 0.104. The molecule has 0 amide bonds. The third-order valence-corrected chi connectivity index (χ3v) is 3.53. The molecule has 0 atom stereocenters. The predicted octanol–water partition coefficient (Wildman–Crippen LogP) is 4.36. The highest BCUT2D eigenvalue weighted by atomic mass is 79.9. The zero-order valence-electron chi connectivity index (χ0n) is 11.8. The standard InChI is InChI=1S/C17H15BrO3/c1-20-16-11-12(10-14(18)17(16)21-2)8-9-15(19)13-6-4-3-5-7-13/h3-11H,1-2H3. The molecule has 0 aliphatic heterocycles. The van der Waals surface area contributed by atoms with Gasteiger partial charge in [0.2, 0.25) is 0 Å². The van der Waals surface area contributed by atoms with Crippen molar-refractivity contribution >= 4 is 27.8 Å². The third-order valence-electron chi connectivity index (χ3n) is 2.94. The molecule has 0 saturated heterocycles. The maximum atomic E-state index is 12.0. The zero-order chi connectivity index (χ0) is 15.2. The zero-order valence-corrected chi connectivity index (χ0v) is 13.4. The van der Waals surface area contributed by atoms with Crippen molar-refractivity contribution in [1.82, 2.24) is 0 Å². The van der Waals surface area contributed by atoms with Crippen molar-refractivity contribution < 1.29 is 14.3 Å². The molecule has 3 nitrogen and oxygen atoms in total. The van der Waals surface area contributed by atoms with E-state index in [0.717, 1.165) is 10.0 Å². The predicted molar refractivity (Wildman–Crippen MR) is 87.1 cm³/mol. The summed E-state index contributed by atoms with van der Waals surface area (Å²) in [6.45, 7) is 0. The summed E-state index contributed by atoms with van der Waals surface area (Å²) in [5.74, 6) is 1.20. The monoisotopic (exact) mass is 346 g/mol. The van der Waals surface area contributed by atoms with E-state index in [9.17, 15) is 4.79 Å². The number of allylic oxidation sites excluding steroid dienone is 1. The first kappa shape index (κ1) is 15.3. The minimum atomic E-state index is -0.0403. The molecule has 0 saturated carbocycles. The molecular formula is C17H15BrO3. The average Bonchev–Trinajstić information content (AvgIpc) is 2.52. The average molecular weight is 347 g/mol. The van der Waals surface area contributed by atoms with Crippen LogP contribution in [-0.2, 0) is 0 Å². The van der Waals surface area contributed by atoms with Crippen LogP contribution in [0.25, 0.3) is 6.08 Å². The number of halogens is 1. The van der Waals surface area contributed by atoms with Gasteiger partial charge in [0, 0.05) is 5.56 Å². The van der Waals surface area contributed by atoms with E-state index >= 15 is 0 Å². The normalized spacial score (nSPS) is 10.6. The summed E-state index contributed by atoms with van der Waals surface area (Å²) in [6, 6.07) is 12.8. The molecular weight excluding hydrogens is 332 g/mol. The molecule has 0 bridgehead atoms. The Morgan fingerprint density at radius 1 is 1.10 bits per heavy atom. The van der Waals surface area contributed by atoms with Crippen molar-refractivity contribution in [3.8, 4) is 11.5 Å². The van der Waals surface area contributed by atoms with Crippen LogP contribution < -0.4 is 9.47 Å². The summed E-state index contributed by atoms with van der Waals surface area (Å²) >= 11 is 3.43. The molecule has 108 valence electrons. The Morgan fingerprint density at radius 3 is 2.43 bits per heavy atom. The van der Waals surface area contributed by atoms with Gasteiger partial charge in [0.25, 0.3) is 0 Å². The van der Waals surface area contributed by atoms with Crippen molar-refractivity contribution in [2.75, 3.05) is 14.2 Å². The number of carbonyl (C=O) groups excluding carboxylic acids is 1. The summed E-state index contributed by atoms with van der Waals surface area (Å²) in [4.78, 5) is 12.0. The summed E-state index contributed by atoms with van der Waals surface area (Å²) in [5, 5.41) is 0. The molecule has 0 N–H and O–H groups in total. The van der Waals surface area contributed by atoms with Crippen LogP contribution in [0.15, 0.2) is 53.0 Å². The van der Waals surface area contributed by atoms with Gasteiger partial charge in [0.05, 0.1) is 18.7 Å². The van der Waals surface area contributed by atoms with Crippen LogP contribution in [-0.4, -0.2) is 20.0 Å². The molecule has 0 aromatic heterocycles. The molecule has 0 heterocycles. The molecule has 0 aliphatic rings. The summed E-state index contributed by atoms with van der Waals surface area (Å²) in [6.07, 6.45) is 3.30. The fraction of sp³-hybridized carbons (Fsp3) is 0.118. The van der Waals surface area contributed by atoms with Crippen LogP contribution in [0.2, 0.25) is 0 Å². The highest BCUT2D eigenvalue weighted by Crippen LogP contribution is 2.36. The summed E-state index contributed by atoms with van der Waals surface area (Å²) < 4.78 is 11.3. The van der Waals surface area contributed by atoms with Crippen molar-refractivity contribution in [1.29, 1.82) is 0 Å². The maximum Gasteiger partial charge on any atom is 0.185 e. The SMILES string of the molecule is COc1cc(C=CC(=O)c2ccccc2)cc(Br)c1OC. The van der Waals surface area contributed by atoms with Gasteiger partial charge in [-0.05, 0) is 39.7 Å². The van der Waals surface area contributed by atoms with Crippen molar-refractivity contribution in [3.05, 3.63) is 64.1 Å². The van der Waals surface area contributed by atoms with Gasteiger partial charge < -0.3 is 9.47 Å². The Kier molecular flexibility index (Phi) is 5.17. The molecule has 2 rings (SSSR count). The van der Waals surface area contributed by atoms with Gasteiger partial charge >= 0.3 is 0 Å². The third kappa shape index (κ3) is 3.73. The van der Waals surface area contributed by atoms with Gasteiger partial charge in [-0.1, -0.05) is 36.4 Å². The lowest BCUT2D eigenvalue weighted by Gasteiger charge is -2.10. The second-order valence-corrected chi connectivity index (χ2v) is 5.16. The van der Waals surface area contributed by atoms with Gasteiger partial charge in [-0.15, -0.1) is 0 Å². The molecule has 2 aromatic rings. The second kappa shape index (κ2) is 7.09.